The average Bonchev–Trinajstić information content (AvgIpc) is 2.97. The molecule has 1 N–H and O–H groups in total. The molecule has 0 unspecified atom stereocenters. The Morgan fingerprint density at radius 3 is 2.65 bits per heavy atom. The van der Waals surface area contributed by atoms with Gasteiger partial charge in [-0.3, -0.25) is 4.79 Å². The zero-order chi connectivity index (χ0) is 16.2. The quantitative estimate of drug-likeness (QED) is 0.672. The molecule has 1 heterocycles. The molecule has 3 aromatic rings. The van der Waals surface area contributed by atoms with E-state index in [1.807, 2.05) is 54.6 Å². The van der Waals surface area contributed by atoms with E-state index in [4.69, 9.17) is 16.7 Å². The number of carboxylic acid groups (broad SMARTS) is 1. The molecule has 23 heavy (non-hydrogen) atoms. The summed E-state index contributed by atoms with van der Waals surface area (Å²) in [6.45, 7) is 0. The highest BCUT2D eigenvalue weighted by atomic mass is 35.5. The molecule has 3 rings (SSSR count). The topological polar surface area (TPSA) is 50.2 Å². The minimum atomic E-state index is -0.849. The first-order valence-electron chi connectivity index (χ1n) is 6.79. The summed E-state index contributed by atoms with van der Waals surface area (Å²) >= 11 is 8.74. The maximum Gasteiger partial charge on any atom is 0.313 e. The van der Waals surface area contributed by atoms with Crippen molar-refractivity contribution in [1.29, 1.82) is 0 Å². The first kappa shape index (κ1) is 16.1. The minimum absolute atomic E-state index is 0.00461. The maximum atomic E-state index is 10.9. The van der Waals surface area contributed by atoms with Crippen molar-refractivity contribution in [3.05, 3.63) is 64.1 Å². The lowest BCUT2D eigenvalue weighted by atomic mass is 10.2. The second kappa shape index (κ2) is 7.17. The predicted molar refractivity (Wildman–Crippen MR) is 99.0 cm³/mol. The maximum absolute atomic E-state index is 10.9. The number of fused-ring (bicyclic) bond motifs is 1. The summed E-state index contributed by atoms with van der Waals surface area (Å²) in [5, 5.41) is 10.5. The van der Waals surface area contributed by atoms with Crippen molar-refractivity contribution < 1.29 is 9.90 Å². The molecule has 0 amide bonds. The molecule has 2 aromatic carbocycles. The molecule has 3 nitrogen and oxygen atoms in total. The molecule has 0 saturated heterocycles. The summed E-state index contributed by atoms with van der Waals surface area (Å²) in [5.41, 5.74) is 1.88. The Morgan fingerprint density at radius 1 is 1.22 bits per heavy atom. The van der Waals surface area contributed by atoms with Gasteiger partial charge in [0.25, 0.3) is 0 Å². The molecule has 0 fully saturated rings. The number of nitrogens with zero attached hydrogens (tertiary/aromatic N) is 1. The average molecular weight is 362 g/mol. The number of rotatable bonds is 5. The fourth-order valence-corrected chi connectivity index (χ4v) is 3.96. The molecule has 6 heteroatoms. The molecule has 0 aliphatic heterocycles. The zero-order valence-electron chi connectivity index (χ0n) is 11.9. The monoisotopic (exact) mass is 361 g/mol. The first-order chi connectivity index (χ1) is 11.1. The number of halogens is 1. The van der Waals surface area contributed by atoms with Crippen LogP contribution in [0.4, 0.5) is 0 Å². The highest BCUT2D eigenvalue weighted by molar-refractivity contribution is 8.09. The van der Waals surface area contributed by atoms with Gasteiger partial charge in [-0.2, -0.15) is 0 Å². The molecule has 0 spiro atoms. The summed E-state index contributed by atoms with van der Waals surface area (Å²) in [6, 6.07) is 15.3. The molecule has 0 radical (unpaired) electrons. The van der Waals surface area contributed by atoms with Crippen LogP contribution < -0.4 is 0 Å². The van der Waals surface area contributed by atoms with Gasteiger partial charge in [0.2, 0.25) is 0 Å². The zero-order valence-corrected chi connectivity index (χ0v) is 14.3. The number of carboxylic acids is 1. The third-order valence-electron chi connectivity index (χ3n) is 3.02. The van der Waals surface area contributed by atoms with Crippen LogP contribution in [0.15, 0.2) is 48.5 Å². The van der Waals surface area contributed by atoms with Gasteiger partial charge in [-0.1, -0.05) is 35.9 Å². The van der Waals surface area contributed by atoms with Crippen LogP contribution in [-0.2, 0) is 4.79 Å². The van der Waals surface area contributed by atoms with Crippen molar-refractivity contribution in [2.45, 2.75) is 0 Å². The molecule has 1 aromatic heterocycles. The van der Waals surface area contributed by atoms with Gasteiger partial charge in [-0.05, 0) is 35.9 Å². The molecular weight excluding hydrogens is 350 g/mol. The normalized spacial score (nSPS) is 11.8. The van der Waals surface area contributed by atoms with Crippen LogP contribution >= 0.6 is 34.7 Å². The fraction of sp³-hybridized carbons (Fsp3) is 0.0588. The Hall–Kier alpha value is -1.82. The SMILES string of the molecule is O=C(O)CS/C(=C/c1ccc(Cl)cc1)c1nc2ccccc2s1. The molecule has 0 saturated carbocycles. The third-order valence-corrected chi connectivity index (χ3v) is 5.49. The van der Waals surface area contributed by atoms with E-state index in [0.717, 1.165) is 25.7 Å². The summed E-state index contributed by atoms with van der Waals surface area (Å²) < 4.78 is 1.08. The number of thioether (sulfide) groups is 1. The van der Waals surface area contributed by atoms with Crippen molar-refractivity contribution in [2.24, 2.45) is 0 Å². The molecular formula is C17H12ClNO2S2. The third kappa shape index (κ3) is 4.13. The Balaban J connectivity index is 2.00. The van der Waals surface area contributed by atoms with Crippen LogP contribution in [0.5, 0.6) is 0 Å². The van der Waals surface area contributed by atoms with Gasteiger partial charge in [-0.15, -0.1) is 23.1 Å². The van der Waals surface area contributed by atoms with Gasteiger partial charge in [0.05, 0.1) is 16.0 Å². The Bertz CT molecular complexity index is 839. The number of hydrogen-bond donors (Lipinski definition) is 1. The van der Waals surface area contributed by atoms with E-state index >= 15 is 0 Å². The number of aromatic nitrogens is 1. The summed E-state index contributed by atoms with van der Waals surface area (Å²) in [5.74, 6) is -0.854. The van der Waals surface area contributed by atoms with E-state index in [1.165, 1.54) is 11.8 Å². The van der Waals surface area contributed by atoms with Gasteiger partial charge in [0.15, 0.2) is 0 Å². The molecule has 116 valence electrons. The molecule has 0 atom stereocenters. The second-order valence-corrected chi connectivity index (χ2v) is 7.21. The van der Waals surface area contributed by atoms with Crippen LogP contribution in [0.3, 0.4) is 0 Å². The highest BCUT2D eigenvalue weighted by Crippen LogP contribution is 2.35. The first-order valence-corrected chi connectivity index (χ1v) is 8.97. The van der Waals surface area contributed by atoms with E-state index in [2.05, 4.69) is 4.98 Å². The van der Waals surface area contributed by atoms with Crippen LogP contribution in [0.25, 0.3) is 21.2 Å². The van der Waals surface area contributed by atoms with Crippen LogP contribution in [0.1, 0.15) is 10.6 Å². The minimum Gasteiger partial charge on any atom is -0.481 e. The van der Waals surface area contributed by atoms with Crippen LogP contribution in [0, 0.1) is 0 Å². The second-order valence-electron chi connectivity index (χ2n) is 4.73. The molecule has 0 bridgehead atoms. The predicted octanol–water partition coefficient (Wildman–Crippen LogP) is 5.27. The van der Waals surface area contributed by atoms with Crippen molar-refractivity contribution in [3.63, 3.8) is 0 Å². The van der Waals surface area contributed by atoms with Crippen molar-refractivity contribution in [2.75, 3.05) is 5.75 Å². The van der Waals surface area contributed by atoms with Crippen LogP contribution in [-0.4, -0.2) is 21.8 Å². The smallest absolute Gasteiger partial charge is 0.313 e. The van der Waals surface area contributed by atoms with Crippen molar-refractivity contribution >= 4 is 61.9 Å². The lowest BCUT2D eigenvalue weighted by Crippen LogP contribution is -1.97. The van der Waals surface area contributed by atoms with Crippen molar-refractivity contribution in [1.82, 2.24) is 4.98 Å². The van der Waals surface area contributed by atoms with E-state index in [1.54, 1.807) is 11.3 Å². The molecule has 0 aliphatic rings. The van der Waals surface area contributed by atoms with E-state index in [-0.39, 0.29) is 5.75 Å². The fourth-order valence-electron chi connectivity index (χ4n) is 1.99. The standard InChI is InChI=1S/C17H12ClNO2S2/c18-12-7-5-11(6-8-12)9-15(22-10-16(20)21)17-19-13-3-1-2-4-14(13)23-17/h1-9H,10H2,(H,20,21)/b15-9+. The molecule has 0 aliphatic carbocycles. The lowest BCUT2D eigenvalue weighted by Gasteiger charge is -2.03. The number of aliphatic carboxylic acids is 1. The Morgan fingerprint density at radius 2 is 1.96 bits per heavy atom. The highest BCUT2D eigenvalue weighted by Gasteiger charge is 2.11. The summed E-state index contributed by atoms with van der Waals surface area (Å²) in [6.07, 6.45) is 1.95. The van der Waals surface area contributed by atoms with Gasteiger partial charge in [0, 0.05) is 9.93 Å². The van der Waals surface area contributed by atoms with Gasteiger partial charge in [-0.25, -0.2) is 4.98 Å². The van der Waals surface area contributed by atoms with Crippen LogP contribution in [0.2, 0.25) is 5.02 Å². The number of para-hydroxylation sites is 1. The summed E-state index contributed by atoms with van der Waals surface area (Å²) in [4.78, 5) is 16.4. The van der Waals surface area contributed by atoms with Gasteiger partial charge < -0.3 is 5.11 Å². The Kier molecular flexibility index (Phi) is 5.00. The van der Waals surface area contributed by atoms with Gasteiger partial charge >= 0.3 is 5.97 Å². The number of hydrogen-bond acceptors (Lipinski definition) is 4. The number of benzene rings is 2. The van der Waals surface area contributed by atoms with E-state index in [0.29, 0.717) is 5.02 Å². The Labute approximate surface area is 146 Å². The van der Waals surface area contributed by atoms with E-state index in [9.17, 15) is 4.79 Å². The lowest BCUT2D eigenvalue weighted by molar-refractivity contribution is -0.133. The number of thiazole rings is 1. The van der Waals surface area contributed by atoms with E-state index < -0.39 is 5.97 Å². The van der Waals surface area contributed by atoms with Crippen molar-refractivity contribution in [3.8, 4) is 0 Å². The largest absolute Gasteiger partial charge is 0.481 e. The van der Waals surface area contributed by atoms with Gasteiger partial charge in [0.1, 0.15) is 5.01 Å². The summed E-state index contributed by atoms with van der Waals surface area (Å²) in [7, 11) is 0. The number of carbonyl (C=O) groups is 1.